The highest BCUT2D eigenvalue weighted by Gasteiger charge is 1.73. The van der Waals surface area contributed by atoms with Gasteiger partial charge in [0.1, 0.15) is 0 Å². The molecule has 0 aliphatic heterocycles. The van der Waals surface area contributed by atoms with Gasteiger partial charge in [-0.3, -0.25) is 0 Å². The maximum Gasteiger partial charge on any atom is -0.0398 e. The lowest BCUT2D eigenvalue weighted by Gasteiger charge is -1.84. The summed E-state index contributed by atoms with van der Waals surface area (Å²) in [6.45, 7) is 11.6. The molecule has 0 bridgehead atoms. The fourth-order valence-corrected chi connectivity index (χ4v) is 0.523. The summed E-state index contributed by atoms with van der Waals surface area (Å²) < 4.78 is 0. The zero-order valence-electron chi connectivity index (χ0n) is 8.67. The van der Waals surface area contributed by atoms with Crippen LogP contribution in [-0.2, 0) is 0 Å². The highest BCUT2D eigenvalue weighted by Crippen LogP contribution is 1.94. The third-order valence-electron chi connectivity index (χ3n) is 1.05. The highest BCUT2D eigenvalue weighted by molar-refractivity contribution is 5.23. The Labute approximate surface area is 77.0 Å². The van der Waals surface area contributed by atoms with Gasteiger partial charge in [0, 0.05) is 0 Å². The van der Waals surface area contributed by atoms with Gasteiger partial charge in [-0.05, 0) is 13.8 Å². The van der Waals surface area contributed by atoms with Gasteiger partial charge < -0.3 is 0 Å². The lowest BCUT2D eigenvalue weighted by atomic mass is 10.2. The topological polar surface area (TPSA) is 0 Å². The Kier molecular flexibility index (Phi) is 14.2. The van der Waals surface area contributed by atoms with Crippen LogP contribution in [0.3, 0.4) is 0 Å². The fraction of sp³-hybridized carbons (Fsp3) is 0.333. The second-order valence-corrected chi connectivity index (χ2v) is 2.03. The van der Waals surface area contributed by atoms with E-state index in [1.165, 1.54) is 5.57 Å². The van der Waals surface area contributed by atoms with E-state index in [0.29, 0.717) is 0 Å². The van der Waals surface area contributed by atoms with Gasteiger partial charge in [-0.15, -0.1) is 0 Å². The second kappa shape index (κ2) is 12.6. The Hall–Kier alpha value is -1.04. The average Bonchev–Trinajstić information content (AvgIpc) is 2.14. The first-order chi connectivity index (χ1) is 5.81. The van der Waals surface area contributed by atoms with Gasteiger partial charge in [-0.2, -0.15) is 0 Å². The Morgan fingerprint density at radius 3 is 2.17 bits per heavy atom. The molecule has 0 heteroatoms. The van der Waals surface area contributed by atoms with Crippen molar-refractivity contribution in [3.63, 3.8) is 0 Å². The monoisotopic (exact) mass is 164 g/mol. The van der Waals surface area contributed by atoms with Crippen LogP contribution in [0.1, 0.15) is 27.7 Å². The highest BCUT2D eigenvalue weighted by atomic mass is 13.8. The van der Waals surface area contributed by atoms with E-state index < -0.39 is 0 Å². The van der Waals surface area contributed by atoms with Crippen molar-refractivity contribution in [1.29, 1.82) is 0 Å². The molecule has 0 aliphatic rings. The molecule has 0 fully saturated rings. The van der Waals surface area contributed by atoms with Crippen LogP contribution in [0.5, 0.6) is 0 Å². The van der Waals surface area contributed by atoms with E-state index in [1.54, 1.807) is 6.08 Å². The van der Waals surface area contributed by atoms with Crippen molar-refractivity contribution in [2.75, 3.05) is 0 Å². The molecule has 0 atom stereocenters. The van der Waals surface area contributed by atoms with Crippen LogP contribution in [-0.4, -0.2) is 0 Å². The first-order valence-electron chi connectivity index (χ1n) is 4.40. The maximum atomic E-state index is 3.58. The molecule has 0 heterocycles. The molecular weight excluding hydrogens is 144 g/mol. The van der Waals surface area contributed by atoms with Gasteiger partial charge >= 0.3 is 0 Å². The molecule has 0 saturated heterocycles. The Bertz CT molecular complexity index is 168. The van der Waals surface area contributed by atoms with Crippen LogP contribution in [0.15, 0.2) is 48.6 Å². The summed E-state index contributed by atoms with van der Waals surface area (Å²) in [6.07, 6.45) is 11.8. The zero-order chi connectivity index (χ0) is 9.82. The largest absolute Gasteiger partial charge is 0.0991 e. The first kappa shape index (κ1) is 13.5. The van der Waals surface area contributed by atoms with E-state index in [-0.39, 0.29) is 0 Å². The van der Waals surface area contributed by atoms with Crippen LogP contribution in [0.4, 0.5) is 0 Å². The molecule has 0 aromatic rings. The van der Waals surface area contributed by atoms with E-state index in [0.717, 1.165) is 0 Å². The third-order valence-corrected chi connectivity index (χ3v) is 1.05. The molecule has 0 saturated carbocycles. The van der Waals surface area contributed by atoms with E-state index in [1.807, 2.05) is 45.1 Å². The molecule has 0 aromatic carbocycles. The fourth-order valence-electron chi connectivity index (χ4n) is 0.523. The van der Waals surface area contributed by atoms with Crippen molar-refractivity contribution in [3.8, 4) is 0 Å². The van der Waals surface area contributed by atoms with Gasteiger partial charge in [0.25, 0.3) is 0 Å². The SMILES string of the molecule is C=C\C=C/C(C)=C\C=C/C.CC. The summed E-state index contributed by atoms with van der Waals surface area (Å²) in [5.74, 6) is 0. The molecular formula is C12H20. The van der Waals surface area contributed by atoms with E-state index in [2.05, 4.69) is 19.6 Å². The number of hydrogen-bond acceptors (Lipinski definition) is 0. The van der Waals surface area contributed by atoms with Crippen molar-refractivity contribution >= 4 is 0 Å². The summed E-state index contributed by atoms with van der Waals surface area (Å²) in [7, 11) is 0. The van der Waals surface area contributed by atoms with Crippen molar-refractivity contribution < 1.29 is 0 Å². The van der Waals surface area contributed by atoms with E-state index in [4.69, 9.17) is 0 Å². The molecule has 0 amide bonds. The van der Waals surface area contributed by atoms with E-state index in [9.17, 15) is 0 Å². The second-order valence-electron chi connectivity index (χ2n) is 2.03. The molecule has 0 aliphatic carbocycles. The summed E-state index contributed by atoms with van der Waals surface area (Å²) in [6, 6.07) is 0. The molecule has 0 spiro atoms. The van der Waals surface area contributed by atoms with Crippen LogP contribution in [0.25, 0.3) is 0 Å². The number of allylic oxidation sites excluding steroid dienone is 7. The average molecular weight is 164 g/mol. The molecule has 0 aromatic heterocycles. The Morgan fingerprint density at radius 1 is 1.17 bits per heavy atom. The Balaban J connectivity index is 0. The summed E-state index contributed by atoms with van der Waals surface area (Å²) in [5.41, 5.74) is 1.23. The minimum absolute atomic E-state index is 1.23. The van der Waals surface area contributed by atoms with Gasteiger partial charge in [0.05, 0.1) is 0 Å². The van der Waals surface area contributed by atoms with Crippen LogP contribution in [0, 0.1) is 0 Å². The smallest absolute Gasteiger partial charge is 0.0398 e. The molecule has 0 N–H and O–H groups in total. The van der Waals surface area contributed by atoms with E-state index >= 15 is 0 Å². The summed E-state index contributed by atoms with van der Waals surface area (Å²) in [5, 5.41) is 0. The molecule has 0 nitrogen and oxygen atoms in total. The number of rotatable bonds is 3. The van der Waals surface area contributed by atoms with Crippen molar-refractivity contribution in [2.24, 2.45) is 0 Å². The lowest BCUT2D eigenvalue weighted by molar-refractivity contribution is 1.50. The lowest BCUT2D eigenvalue weighted by Crippen LogP contribution is -1.63. The van der Waals surface area contributed by atoms with Crippen LogP contribution in [0.2, 0.25) is 0 Å². The normalized spacial score (nSPS) is 11.5. The maximum absolute atomic E-state index is 3.58. The molecule has 0 radical (unpaired) electrons. The molecule has 12 heavy (non-hydrogen) atoms. The van der Waals surface area contributed by atoms with Crippen LogP contribution >= 0.6 is 0 Å². The van der Waals surface area contributed by atoms with Crippen molar-refractivity contribution in [2.45, 2.75) is 27.7 Å². The van der Waals surface area contributed by atoms with Gasteiger partial charge in [-0.1, -0.05) is 62.5 Å². The first-order valence-corrected chi connectivity index (χ1v) is 4.40. The van der Waals surface area contributed by atoms with Crippen molar-refractivity contribution in [1.82, 2.24) is 0 Å². The predicted octanol–water partition coefficient (Wildman–Crippen LogP) is 4.28. The quantitative estimate of drug-likeness (QED) is 0.546. The molecule has 0 rings (SSSR count). The summed E-state index contributed by atoms with van der Waals surface area (Å²) >= 11 is 0. The minimum atomic E-state index is 1.23. The Morgan fingerprint density at radius 2 is 1.75 bits per heavy atom. The van der Waals surface area contributed by atoms with Crippen molar-refractivity contribution in [3.05, 3.63) is 48.6 Å². The predicted molar refractivity (Wildman–Crippen MR) is 59.3 cm³/mol. The van der Waals surface area contributed by atoms with Crippen LogP contribution < -0.4 is 0 Å². The molecule has 68 valence electrons. The minimum Gasteiger partial charge on any atom is -0.0991 e. The van der Waals surface area contributed by atoms with Gasteiger partial charge in [0.2, 0.25) is 0 Å². The van der Waals surface area contributed by atoms with Gasteiger partial charge in [0.15, 0.2) is 0 Å². The standard InChI is InChI=1S/C10H14.C2H6/c1-4-6-8-10(3)9-7-5-2;1-2/h4-9H,1H2,2-3H3;1-2H3/b7-5-,8-6-,10-9-;. The summed E-state index contributed by atoms with van der Waals surface area (Å²) in [4.78, 5) is 0. The molecule has 0 unspecified atom stereocenters. The third kappa shape index (κ3) is 11.7. The van der Waals surface area contributed by atoms with Gasteiger partial charge in [-0.25, -0.2) is 0 Å². The number of hydrogen-bond donors (Lipinski definition) is 0. The zero-order valence-corrected chi connectivity index (χ0v) is 8.67.